The second kappa shape index (κ2) is 5.77. The molecular formula is C14H17FN4OS. The van der Waals surface area contributed by atoms with Gasteiger partial charge in [0, 0.05) is 12.6 Å². The Balaban J connectivity index is 2.14. The molecule has 0 radical (unpaired) electrons. The molecule has 2 rings (SSSR count). The van der Waals surface area contributed by atoms with Crippen LogP contribution in [0.3, 0.4) is 0 Å². The highest BCUT2D eigenvalue weighted by Crippen LogP contribution is 2.25. The standard InChI is InChI=1S/C14H17FN4OS/c1-14(2,9-6-4-5-7-10(9)15)12(20)16-8-11-17-18-13(21)19(11)3/h4-7H,8H2,1-3H3,(H,16,20)(H,18,21). The smallest absolute Gasteiger partial charge is 0.230 e. The third-order valence-electron chi connectivity index (χ3n) is 3.49. The molecule has 0 spiro atoms. The number of amides is 1. The van der Waals surface area contributed by atoms with Gasteiger partial charge in [-0.05, 0) is 32.1 Å². The number of rotatable bonds is 4. The van der Waals surface area contributed by atoms with Gasteiger partial charge in [0.25, 0.3) is 0 Å². The number of halogens is 1. The second-order valence-corrected chi connectivity index (χ2v) is 5.68. The van der Waals surface area contributed by atoms with E-state index in [0.717, 1.165) is 0 Å². The molecule has 0 saturated carbocycles. The fraction of sp³-hybridized carbons (Fsp3) is 0.357. The number of carbonyl (C=O) groups excluding carboxylic acids is 1. The number of carbonyl (C=O) groups is 1. The van der Waals surface area contributed by atoms with Crippen LogP contribution in [0, 0.1) is 10.6 Å². The van der Waals surface area contributed by atoms with Gasteiger partial charge < -0.3 is 9.88 Å². The molecule has 112 valence electrons. The van der Waals surface area contributed by atoms with Gasteiger partial charge in [0.15, 0.2) is 10.6 Å². The van der Waals surface area contributed by atoms with Crippen molar-refractivity contribution in [2.75, 3.05) is 0 Å². The monoisotopic (exact) mass is 308 g/mol. The van der Waals surface area contributed by atoms with Crippen molar-refractivity contribution in [1.82, 2.24) is 20.1 Å². The number of nitrogens with zero attached hydrogens (tertiary/aromatic N) is 2. The Kier molecular flexibility index (Phi) is 4.22. The van der Waals surface area contributed by atoms with Crippen LogP contribution < -0.4 is 5.32 Å². The molecule has 0 fully saturated rings. The highest BCUT2D eigenvalue weighted by Gasteiger charge is 2.32. The lowest BCUT2D eigenvalue weighted by molar-refractivity contribution is -0.126. The number of hydrogen-bond donors (Lipinski definition) is 2. The molecule has 2 aromatic rings. The Labute approximate surface area is 127 Å². The Hall–Kier alpha value is -2.02. The van der Waals surface area contributed by atoms with Crippen LogP contribution in [0.1, 0.15) is 25.2 Å². The van der Waals surface area contributed by atoms with Gasteiger partial charge >= 0.3 is 0 Å². The molecule has 0 saturated heterocycles. The van der Waals surface area contributed by atoms with E-state index >= 15 is 0 Å². The van der Waals surface area contributed by atoms with Gasteiger partial charge in [-0.25, -0.2) is 4.39 Å². The first-order valence-corrected chi connectivity index (χ1v) is 6.88. The van der Waals surface area contributed by atoms with E-state index in [2.05, 4.69) is 15.5 Å². The van der Waals surface area contributed by atoms with Crippen LogP contribution in [0.2, 0.25) is 0 Å². The molecule has 1 aromatic heterocycles. The van der Waals surface area contributed by atoms with Gasteiger partial charge in [-0.1, -0.05) is 18.2 Å². The first kappa shape index (κ1) is 15.4. The van der Waals surface area contributed by atoms with Gasteiger partial charge in [-0.15, -0.1) is 0 Å². The molecule has 1 heterocycles. The molecule has 0 atom stereocenters. The number of benzene rings is 1. The lowest BCUT2D eigenvalue weighted by Gasteiger charge is -2.24. The molecule has 0 aliphatic heterocycles. The number of aromatic nitrogens is 3. The molecule has 0 bridgehead atoms. The molecule has 1 amide bonds. The summed E-state index contributed by atoms with van der Waals surface area (Å²) in [7, 11) is 1.76. The number of H-pyrrole nitrogens is 1. The van der Waals surface area contributed by atoms with Crippen molar-refractivity contribution < 1.29 is 9.18 Å². The Bertz CT molecular complexity index is 720. The average molecular weight is 308 g/mol. The zero-order chi connectivity index (χ0) is 15.6. The fourth-order valence-corrected chi connectivity index (χ4v) is 2.16. The predicted molar refractivity (Wildman–Crippen MR) is 79.7 cm³/mol. The van der Waals surface area contributed by atoms with Crippen LogP contribution >= 0.6 is 12.2 Å². The van der Waals surface area contributed by atoms with Crippen molar-refractivity contribution >= 4 is 18.1 Å². The van der Waals surface area contributed by atoms with Crippen LogP contribution in [0.5, 0.6) is 0 Å². The Morgan fingerprint density at radius 2 is 2.14 bits per heavy atom. The highest BCUT2D eigenvalue weighted by atomic mass is 32.1. The maximum Gasteiger partial charge on any atom is 0.230 e. The Morgan fingerprint density at radius 1 is 1.48 bits per heavy atom. The maximum absolute atomic E-state index is 13.9. The van der Waals surface area contributed by atoms with Gasteiger partial charge in [0.2, 0.25) is 5.91 Å². The van der Waals surface area contributed by atoms with Crippen molar-refractivity contribution in [2.24, 2.45) is 7.05 Å². The lowest BCUT2D eigenvalue weighted by Crippen LogP contribution is -2.40. The van der Waals surface area contributed by atoms with E-state index in [-0.39, 0.29) is 12.5 Å². The van der Waals surface area contributed by atoms with E-state index in [1.165, 1.54) is 6.07 Å². The summed E-state index contributed by atoms with van der Waals surface area (Å²) in [6.45, 7) is 3.59. The van der Waals surface area contributed by atoms with Crippen LogP contribution in [-0.4, -0.2) is 20.7 Å². The zero-order valence-electron chi connectivity index (χ0n) is 12.1. The highest BCUT2D eigenvalue weighted by molar-refractivity contribution is 7.71. The Morgan fingerprint density at radius 3 is 2.71 bits per heavy atom. The minimum absolute atomic E-state index is 0.223. The molecule has 2 N–H and O–H groups in total. The summed E-state index contributed by atoms with van der Waals surface area (Å²) in [6.07, 6.45) is 0. The zero-order valence-corrected chi connectivity index (χ0v) is 12.9. The SMILES string of the molecule is Cn1c(CNC(=O)C(C)(C)c2ccccc2F)n[nH]c1=S. The van der Waals surface area contributed by atoms with Crippen molar-refractivity contribution in [1.29, 1.82) is 0 Å². The van der Waals surface area contributed by atoms with Crippen molar-refractivity contribution in [3.63, 3.8) is 0 Å². The summed E-state index contributed by atoms with van der Waals surface area (Å²) >= 11 is 5.00. The van der Waals surface area contributed by atoms with Crippen molar-refractivity contribution in [3.8, 4) is 0 Å². The van der Waals surface area contributed by atoms with E-state index in [0.29, 0.717) is 16.2 Å². The summed E-state index contributed by atoms with van der Waals surface area (Å²) in [5.41, 5.74) is -0.616. The lowest BCUT2D eigenvalue weighted by atomic mass is 9.83. The molecule has 5 nitrogen and oxygen atoms in total. The molecule has 0 aliphatic rings. The molecule has 1 aromatic carbocycles. The molecule has 21 heavy (non-hydrogen) atoms. The van der Waals surface area contributed by atoms with E-state index in [1.54, 1.807) is 43.7 Å². The maximum atomic E-state index is 13.9. The summed E-state index contributed by atoms with van der Waals surface area (Å²) < 4.78 is 16.0. The summed E-state index contributed by atoms with van der Waals surface area (Å²) in [6, 6.07) is 6.28. The largest absolute Gasteiger partial charge is 0.348 e. The molecule has 7 heteroatoms. The minimum Gasteiger partial charge on any atom is -0.348 e. The van der Waals surface area contributed by atoms with Crippen molar-refractivity contribution in [3.05, 3.63) is 46.2 Å². The van der Waals surface area contributed by atoms with Crippen LogP contribution in [-0.2, 0) is 23.8 Å². The minimum atomic E-state index is -0.975. The molecule has 0 unspecified atom stereocenters. The van der Waals surface area contributed by atoms with Gasteiger partial charge in [0.05, 0.1) is 12.0 Å². The normalized spacial score (nSPS) is 11.4. The first-order valence-electron chi connectivity index (χ1n) is 6.47. The number of aromatic amines is 1. The van der Waals surface area contributed by atoms with Crippen LogP contribution in [0.15, 0.2) is 24.3 Å². The van der Waals surface area contributed by atoms with Gasteiger partial charge in [0.1, 0.15) is 5.82 Å². The third-order valence-corrected chi connectivity index (χ3v) is 3.86. The van der Waals surface area contributed by atoms with Gasteiger partial charge in [-0.3, -0.25) is 9.89 Å². The summed E-state index contributed by atoms with van der Waals surface area (Å²) in [5, 5.41) is 9.43. The average Bonchev–Trinajstić information content (AvgIpc) is 2.76. The van der Waals surface area contributed by atoms with Crippen LogP contribution in [0.25, 0.3) is 0 Å². The van der Waals surface area contributed by atoms with Crippen molar-refractivity contribution in [2.45, 2.75) is 25.8 Å². The van der Waals surface area contributed by atoms with E-state index in [9.17, 15) is 9.18 Å². The van der Waals surface area contributed by atoms with Gasteiger partial charge in [-0.2, -0.15) is 5.10 Å². The predicted octanol–water partition coefficient (Wildman–Crippen LogP) is 2.21. The summed E-state index contributed by atoms with van der Waals surface area (Å²) in [4.78, 5) is 12.4. The van der Waals surface area contributed by atoms with E-state index in [1.807, 2.05) is 0 Å². The summed E-state index contributed by atoms with van der Waals surface area (Å²) in [5.74, 6) is -0.0602. The molecular weight excluding hydrogens is 291 g/mol. The second-order valence-electron chi connectivity index (χ2n) is 5.29. The van der Waals surface area contributed by atoms with Crippen LogP contribution in [0.4, 0.5) is 4.39 Å². The third kappa shape index (κ3) is 3.02. The topological polar surface area (TPSA) is 62.7 Å². The quantitative estimate of drug-likeness (QED) is 0.851. The molecule has 0 aliphatic carbocycles. The van der Waals surface area contributed by atoms with E-state index in [4.69, 9.17) is 12.2 Å². The van der Waals surface area contributed by atoms with E-state index < -0.39 is 11.2 Å². The number of nitrogens with one attached hydrogen (secondary N) is 2. The number of hydrogen-bond acceptors (Lipinski definition) is 3. The fourth-order valence-electron chi connectivity index (χ4n) is 2.01. The first-order chi connectivity index (χ1) is 9.84.